The van der Waals surface area contributed by atoms with Crippen LogP contribution in [0.15, 0.2) is 0 Å². The number of carbonyl (C=O) groups is 1. The van der Waals surface area contributed by atoms with Crippen LogP contribution in [0.3, 0.4) is 0 Å². The Morgan fingerprint density at radius 2 is 1.81 bits per heavy atom. The van der Waals surface area contributed by atoms with Gasteiger partial charge in [-0.25, -0.2) is 0 Å². The summed E-state index contributed by atoms with van der Waals surface area (Å²) in [6.45, 7) is 0.986. The van der Waals surface area contributed by atoms with Crippen LogP contribution in [0, 0.1) is 5.92 Å². The Bertz CT molecular complexity index is 279. The summed E-state index contributed by atoms with van der Waals surface area (Å²) in [6.07, 6.45) is 10.1. The fourth-order valence-corrected chi connectivity index (χ4v) is 3.63. The molecule has 16 heavy (non-hydrogen) atoms. The second-order valence-electron chi connectivity index (χ2n) is 5.56. The molecular formula is C13H22N2O. The average Bonchev–Trinajstić information content (AvgIpc) is 2.55. The molecule has 0 radical (unpaired) electrons. The summed E-state index contributed by atoms with van der Waals surface area (Å²) in [7, 11) is 0. The van der Waals surface area contributed by atoms with Gasteiger partial charge in [-0.1, -0.05) is 19.3 Å². The van der Waals surface area contributed by atoms with Crippen molar-refractivity contribution in [2.75, 3.05) is 6.54 Å². The molecule has 0 aromatic carbocycles. The van der Waals surface area contributed by atoms with Gasteiger partial charge in [0.2, 0.25) is 5.91 Å². The Morgan fingerprint density at radius 1 is 1.00 bits per heavy atom. The molecule has 2 heterocycles. The second kappa shape index (κ2) is 4.36. The summed E-state index contributed by atoms with van der Waals surface area (Å²) in [5.41, 5.74) is 0. The predicted octanol–water partition coefficient (Wildman–Crippen LogP) is 1.88. The number of nitrogens with one attached hydrogen (secondary N) is 1. The van der Waals surface area contributed by atoms with Gasteiger partial charge < -0.3 is 4.90 Å². The van der Waals surface area contributed by atoms with E-state index in [1.165, 1.54) is 38.5 Å². The van der Waals surface area contributed by atoms with Gasteiger partial charge in [0.05, 0.1) is 12.1 Å². The third-order valence-corrected chi connectivity index (χ3v) is 4.53. The van der Waals surface area contributed by atoms with E-state index in [-0.39, 0.29) is 0 Å². The lowest BCUT2D eigenvalue weighted by atomic mass is 9.81. The van der Waals surface area contributed by atoms with Crippen molar-refractivity contribution in [2.45, 2.75) is 63.6 Å². The van der Waals surface area contributed by atoms with Gasteiger partial charge in [0, 0.05) is 12.6 Å². The largest absolute Gasteiger partial charge is 0.327 e. The molecule has 3 heteroatoms. The molecule has 1 aliphatic carbocycles. The van der Waals surface area contributed by atoms with E-state index < -0.39 is 0 Å². The maximum Gasteiger partial charge on any atom is 0.228 e. The van der Waals surface area contributed by atoms with Gasteiger partial charge in [0.25, 0.3) is 0 Å². The van der Waals surface area contributed by atoms with Crippen molar-refractivity contribution in [3.8, 4) is 0 Å². The van der Waals surface area contributed by atoms with Crippen LogP contribution in [-0.4, -0.2) is 29.6 Å². The molecule has 0 bridgehead atoms. The number of fused-ring (bicyclic) bond motifs is 2. The molecule has 1 amide bonds. The number of nitrogens with zero attached hydrogens (tertiary/aromatic N) is 1. The molecule has 1 N–H and O–H groups in total. The van der Waals surface area contributed by atoms with E-state index in [1.54, 1.807) is 0 Å². The lowest BCUT2D eigenvalue weighted by Crippen LogP contribution is -2.63. The first-order valence-electron chi connectivity index (χ1n) is 6.93. The fourth-order valence-electron chi connectivity index (χ4n) is 3.63. The molecule has 3 unspecified atom stereocenters. The number of hydrogen-bond acceptors (Lipinski definition) is 2. The standard InChI is InChI=1S/C13H22N2O/c16-13-10-6-3-4-7-11(10)14-12-8-2-1-5-9-15(12)13/h10-12,14H,1-9H2. The summed E-state index contributed by atoms with van der Waals surface area (Å²) >= 11 is 0. The van der Waals surface area contributed by atoms with Gasteiger partial charge in [-0.2, -0.15) is 0 Å². The molecule has 1 saturated carbocycles. The quantitative estimate of drug-likeness (QED) is 0.678. The minimum absolute atomic E-state index is 0.295. The van der Waals surface area contributed by atoms with Crippen molar-refractivity contribution in [2.24, 2.45) is 5.92 Å². The van der Waals surface area contributed by atoms with Gasteiger partial charge in [-0.05, 0) is 32.1 Å². The summed E-state index contributed by atoms with van der Waals surface area (Å²) in [5.74, 6) is 0.749. The van der Waals surface area contributed by atoms with Crippen molar-refractivity contribution >= 4 is 5.91 Å². The van der Waals surface area contributed by atoms with Crippen LogP contribution in [0.5, 0.6) is 0 Å². The first kappa shape index (κ1) is 10.6. The van der Waals surface area contributed by atoms with Gasteiger partial charge in [-0.15, -0.1) is 0 Å². The number of carbonyl (C=O) groups excluding carboxylic acids is 1. The number of amides is 1. The normalized spacial score (nSPS) is 39.9. The van der Waals surface area contributed by atoms with Crippen LogP contribution in [0.2, 0.25) is 0 Å². The minimum Gasteiger partial charge on any atom is -0.327 e. The van der Waals surface area contributed by atoms with Gasteiger partial charge >= 0.3 is 0 Å². The molecular weight excluding hydrogens is 200 g/mol. The number of rotatable bonds is 0. The average molecular weight is 222 g/mol. The van der Waals surface area contributed by atoms with Gasteiger partial charge in [0.1, 0.15) is 0 Å². The highest BCUT2D eigenvalue weighted by molar-refractivity contribution is 5.81. The summed E-state index contributed by atoms with van der Waals surface area (Å²) in [5, 5.41) is 3.73. The van der Waals surface area contributed by atoms with Crippen molar-refractivity contribution in [3.63, 3.8) is 0 Å². The molecule has 2 aliphatic heterocycles. The third kappa shape index (κ3) is 1.75. The van der Waals surface area contributed by atoms with Crippen LogP contribution in [-0.2, 0) is 4.79 Å². The lowest BCUT2D eigenvalue weighted by molar-refractivity contribution is -0.146. The highest BCUT2D eigenvalue weighted by atomic mass is 16.2. The molecule has 90 valence electrons. The first-order chi connectivity index (χ1) is 7.86. The van der Waals surface area contributed by atoms with Crippen LogP contribution in [0.1, 0.15) is 51.4 Å². The molecule has 3 fully saturated rings. The highest BCUT2D eigenvalue weighted by Crippen LogP contribution is 2.32. The maximum absolute atomic E-state index is 12.4. The molecule has 0 aromatic rings. The van der Waals surface area contributed by atoms with E-state index in [1.807, 2.05) is 0 Å². The van der Waals surface area contributed by atoms with Crippen molar-refractivity contribution < 1.29 is 4.79 Å². The van der Waals surface area contributed by atoms with Gasteiger partial charge in [-0.3, -0.25) is 10.1 Å². The molecule has 2 saturated heterocycles. The van der Waals surface area contributed by atoms with Crippen LogP contribution in [0.25, 0.3) is 0 Å². The molecule has 3 aliphatic rings. The molecule has 0 aromatic heterocycles. The molecule has 0 spiro atoms. The van der Waals surface area contributed by atoms with Crippen molar-refractivity contribution in [1.29, 1.82) is 0 Å². The summed E-state index contributed by atoms with van der Waals surface area (Å²) in [4.78, 5) is 14.6. The Balaban J connectivity index is 1.79. The Labute approximate surface area is 97.6 Å². The second-order valence-corrected chi connectivity index (χ2v) is 5.56. The van der Waals surface area contributed by atoms with Crippen molar-refractivity contribution in [1.82, 2.24) is 10.2 Å². The van der Waals surface area contributed by atoms with Gasteiger partial charge in [0.15, 0.2) is 0 Å². The van der Waals surface area contributed by atoms with Crippen LogP contribution < -0.4 is 5.32 Å². The van der Waals surface area contributed by atoms with E-state index >= 15 is 0 Å². The monoisotopic (exact) mass is 222 g/mol. The molecule has 3 atom stereocenters. The van der Waals surface area contributed by atoms with E-state index in [9.17, 15) is 4.79 Å². The zero-order valence-electron chi connectivity index (χ0n) is 9.95. The Morgan fingerprint density at radius 3 is 2.75 bits per heavy atom. The fraction of sp³-hybridized carbons (Fsp3) is 0.923. The Hall–Kier alpha value is -0.570. The first-order valence-corrected chi connectivity index (χ1v) is 6.93. The van der Waals surface area contributed by atoms with E-state index in [2.05, 4.69) is 10.2 Å². The summed E-state index contributed by atoms with van der Waals surface area (Å²) in [6, 6.07) is 0.487. The third-order valence-electron chi connectivity index (χ3n) is 4.53. The van der Waals surface area contributed by atoms with Crippen LogP contribution in [0.4, 0.5) is 0 Å². The van der Waals surface area contributed by atoms with E-state index in [4.69, 9.17) is 0 Å². The smallest absolute Gasteiger partial charge is 0.228 e. The lowest BCUT2D eigenvalue weighted by Gasteiger charge is -2.45. The zero-order valence-corrected chi connectivity index (χ0v) is 9.95. The predicted molar refractivity (Wildman–Crippen MR) is 62.9 cm³/mol. The zero-order chi connectivity index (χ0) is 11.0. The van der Waals surface area contributed by atoms with Crippen LogP contribution >= 0.6 is 0 Å². The van der Waals surface area contributed by atoms with E-state index in [0.29, 0.717) is 24.0 Å². The Kier molecular flexibility index (Phi) is 2.88. The van der Waals surface area contributed by atoms with E-state index in [0.717, 1.165) is 19.4 Å². The number of hydrogen-bond donors (Lipinski definition) is 1. The molecule has 3 rings (SSSR count). The topological polar surface area (TPSA) is 32.3 Å². The maximum atomic E-state index is 12.4. The highest BCUT2D eigenvalue weighted by Gasteiger charge is 2.42. The summed E-state index contributed by atoms with van der Waals surface area (Å²) < 4.78 is 0. The SMILES string of the molecule is O=C1C2CCCCC2NC2CCCCCN12. The minimum atomic E-state index is 0.295. The molecule has 3 nitrogen and oxygen atoms in total. The van der Waals surface area contributed by atoms with Crippen molar-refractivity contribution in [3.05, 3.63) is 0 Å².